The predicted molar refractivity (Wildman–Crippen MR) is 62.3 cm³/mol. The number of carbonyl (C=O) groups is 1. The smallest absolute Gasteiger partial charge is 0.308 e. The van der Waals surface area contributed by atoms with Crippen LogP contribution in [0.15, 0.2) is 22.7 Å². The summed E-state index contributed by atoms with van der Waals surface area (Å²) in [6.45, 7) is 1.33. The Morgan fingerprint density at radius 2 is 2.19 bits per heavy atom. The molecule has 0 heterocycles. The molecule has 16 heavy (non-hydrogen) atoms. The number of carbonyl (C=O) groups excluding carboxylic acids is 1. The molecule has 0 saturated carbocycles. The van der Waals surface area contributed by atoms with E-state index < -0.39 is 5.97 Å². The van der Waals surface area contributed by atoms with Crippen LogP contribution in [0, 0.1) is 5.82 Å². The van der Waals surface area contributed by atoms with Crippen molar-refractivity contribution in [3.63, 3.8) is 0 Å². The van der Waals surface area contributed by atoms with Gasteiger partial charge in [-0.15, -0.1) is 0 Å². The second-order valence-corrected chi connectivity index (χ2v) is 4.55. The minimum absolute atomic E-state index is 0.248. The summed E-state index contributed by atoms with van der Waals surface area (Å²) in [6.07, 6.45) is 1.27. The van der Waals surface area contributed by atoms with Crippen LogP contribution >= 0.6 is 15.9 Å². The molecule has 1 aromatic rings. The highest BCUT2D eigenvalue weighted by molar-refractivity contribution is 9.11. The largest absolute Gasteiger partial charge is 0.425 e. The van der Waals surface area contributed by atoms with Crippen LogP contribution in [0.2, 0.25) is 0 Å². The fourth-order valence-electron chi connectivity index (χ4n) is 1.77. The van der Waals surface area contributed by atoms with Gasteiger partial charge in [-0.1, -0.05) is 28.1 Å². The van der Waals surface area contributed by atoms with Crippen molar-refractivity contribution in [1.82, 2.24) is 0 Å². The van der Waals surface area contributed by atoms with E-state index in [1.807, 2.05) is 0 Å². The molecule has 0 aliphatic heterocycles. The minimum Gasteiger partial charge on any atom is -0.425 e. The monoisotopic (exact) mass is 284 g/mol. The van der Waals surface area contributed by atoms with E-state index >= 15 is 0 Å². The van der Waals surface area contributed by atoms with E-state index in [1.54, 1.807) is 12.1 Å². The van der Waals surface area contributed by atoms with Gasteiger partial charge in [-0.05, 0) is 24.5 Å². The van der Waals surface area contributed by atoms with Crippen LogP contribution in [-0.2, 0) is 16.0 Å². The van der Waals surface area contributed by atoms with Crippen molar-refractivity contribution >= 4 is 27.7 Å². The molecule has 0 spiro atoms. The first-order valence-corrected chi connectivity index (χ1v) is 5.73. The Morgan fingerprint density at radius 3 is 2.88 bits per heavy atom. The van der Waals surface area contributed by atoms with E-state index in [4.69, 9.17) is 4.74 Å². The summed E-state index contributed by atoms with van der Waals surface area (Å²) >= 11 is 3.36. The van der Waals surface area contributed by atoms with Gasteiger partial charge in [0.15, 0.2) is 0 Å². The molecule has 4 heteroatoms. The first-order valence-electron chi connectivity index (χ1n) is 4.94. The Balaban J connectivity index is 2.52. The molecule has 2 rings (SSSR count). The number of rotatable bonds is 1. The van der Waals surface area contributed by atoms with Crippen LogP contribution in [0.25, 0.3) is 5.76 Å². The zero-order chi connectivity index (χ0) is 11.7. The first kappa shape index (κ1) is 11.3. The molecule has 1 aliphatic rings. The summed E-state index contributed by atoms with van der Waals surface area (Å²) in [5.41, 5.74) is 1.27. The lowest BCUT2D eigenvalue weighted by Gasteiger charge is -2.19. The van der Waals surface area contributed by atoms with Gasteiger partial charge >= 0.3 is 5.97 Å². The standard InChI is InChI=1S/C12H10BrFO2/c1-7(15)16-12-9-3-2-4-11(14)8(9)5-6-10(12)13/h2-4H,5-6H2,1H3. The lowest BCUT2D eigenvalue weighted by Crippen LogP contribution is -2.09. The molecule has 2 nitrogen and oxygen atoms in total. The van der Waals surface area contributed by atoms with Crippen molar-refractivity contribution in [2.24, 2.45) is 0 Å². The zero-order valence-corrected chi connectivity index (χ0v) is 10.3. The van der Waals surface area contributed by atoms with Gasteiger partial charge in [0, 0.05) is 17.0 Å². The highest BCUT2D eigenvalue weighted by Crippen LogP contribution is 2.36. The normalized spacial score (nSPS) is 14.7. The van der Waals surface area contributed by atoms with Crippen LogP contribution in [0.3, 0.4) is 0 Å². The Morgan fingerprint density at radius 1 is 1.44 bits per heavy atom. The molecule has 0 atom stereocenters. The lowest BCUT2D eigenvalue weighted by atomic mass is 9.95. The maximum absolute atomic E-state index is 13.5. The molecular formula is C12H10BrFO2. The van der Waals surface area contributed by atoms with Gasteiger partial charge in [0.2, 0.25) is 0 Å². The minimum atomic E-state index is -0.399. The maximum atomic E-state index is 13.5. The summed E-state index contributed by atoms with van der Waals surface area (Å²) in [7, 11) is 0. The Bertz CT molecular complexity index is 480. The molecule has 0 fully saturated rings. The molecule has 1 aromatic carbocycles. The highest BCUT2D eigenvalue weighted by atomic mass is 79.9. The molecular weight excluding hydrogens is 275 g/mol. The van der Waals surface area contributed by atoms with Crippen molar-refractivity contribution in [3.8, 4) is 0 Å². The van der Waals surface area contributed by atoms with Gasteiger partial charge in [-0.25, -0.2) is 4.39 Å². The van der Waals surface area contributed by atoms with Gasteiger partial charge < -0.3 is 4.74 Å². The number of halogens is 2. The predicted octanol–water partition coefficient (Wildman–Crippen LogP) is 3.40. The van der Waals surface area contributed by atoms with E-state index in [2.05, 4.69) is 15.9 Å². The van der Waals surface area contributed by atoms with Gasteiger partial charge in [0.1, 0.15) is 11.6 Å². The van der Waals surface area contributed by atoms with Crippen molar-refractivity contribution < 1.29 is 13.9 Å². The molecule has 0 aromatic heterocycles. The highest BCUT2D eigenvalue weighted by Gasteiger charge is 2.22. The Labute approximate surface area is 101 Å². The SMILES string of the molecule is CC(=O)OC1=C(Br)CCc2c(F)cccc21. The number of benzene rings is 1. The van der Waals surface area contributed by atoms with Crippen LogP contribution in [0.5, 0.6) is 0 Å². The second kappa shape index (κ2) is 4.37. The summed E-state index contributed by atoms with van der Waals surface area (Å²) in [6, 6.07) is 4.80. The summed E-state index contributed by atoms with van der Waals surface area (Å²) in [5, 5.41) is 0. The van der Waals surface area contributed by atoms with Crippen LogP contribution in [0.4, 0.5) is 4.39 Å². The van der Waals surface area contributed by atoms with Gasteiger partial charge in [-0.3, -0.25) is 4.79 Å². The Kier molecular flexibility index (Phi) is 3.10. The fourth-order valence-corrected chi connectivity index (χ4v) is 2.27. The molecule has 0 amide bonds. The van der Waals surface area contributed by atoms with Crippen molar-refractivity contribution in [2.75, 3.05) is 0 Å². The number of allylic oxidation sites excluding steroid dienone is 1. The molecule has 0 bridgehead atoms. The molecule has 0 saturated heterocycles. The number of hydrogen-bond acceptors (Lipinski definition) is 2. The maximum Gasteiger partial charge on any atom is 0.308 e. The summed E-state index contributed by atoms with van der Waals surface area (Å²) in [5.74, 6) is -0.209. The third kappa shape index (κ3) is 2.02. The molecule has 84 valence electrons. The molecule has 0 radical (unpaired) electrons. The van der Waals surface area contributed by atoms with E-state index in [1.165, 1.54) is 13.0 Å². The number of ether oxygens (including phenoxy) is 1. The average molecular weight is 285 g/mol. The van der Waals surface area contributed by atoms with Gasteiger partial charge in [-0.2, -0.15) is 0 Å². The molecule has 0 N–H and O–H groups in total. The van der Waals surface area contributed by atoms with Gasteiger partial charge in [0.25, 0.3) is 0 Å². The second-order valence-electron chi connectivity index (χ2n) is 3.59. The van der Waals surface area contributed by atoms with Crippen molar-refractivity contribution in [2.45, 2.75) is 19.8 Å². The van der Waals surface area contributed by atoms with Crippen LogP contribution < -0.4 is 0 Å². The average Bonchev–Trinajstić information content (AvgIpc) is 2.22. The fraction of sp³-hybridized carbons (Fsp3) is 0.250. The first-order chi connectivity index (χ1) is 7.59. The van der Waals surface area contributed by atoms with E-state index in [0.717, 1.165) is 4.48 Å². The van der Waals surface area contributed by atoms with E-state index in [9.17, 15) is 9.18 Å². The van der Waals surface area contributed by atoms with Gasteiger partial charge in [0.05, 0.1) is 0 Å². The summed E-state index contributed by atoms with van der Waals surface area (Å²) in [4.78, 5) is 11.0. The topological polar surface area (TPSA) is 26.3 Å². The van der Waals surface area contributed by atoms with E-state index in [-0.39, 0.29) is 5.82 Å². The van der Waals surface area contributed by atoms with Crippen LogP contribution in [0.1, 0.15) is 24.5 Å². The van der Waals surface area contributed by atoms with Crippen molar-refractivity contribution in [3.05, 3.63) is 39.6 Å². The number of fused-ring (bicyclic) bond motifs is 1. The lowest BCUT2D eigenvalue weighted by molar-refractivity contribution is -0.134. The molecule has 1 aliphatic carbocycles. The molecule has 0 unspecified atom stereocenters. The third-order valence-corrected chi connectivity index (χ3v) is 3.21. The third-order valence-electron chi connectivity index (χ3n) is 2.45. The van der Waals surface area contributed by atoms with Crippen LogP contribution in [-0.4, -0.2) is 5.97 Å². The quantitative estimate of drug-likeness (QED) is 0.739. The zero-order valence-electron chi connectivity index (χ0n) is 8.72. The van der Waals surface area contributed by atoms with E-state index in [0.29, 0.717) is 29.7 Å². The number of hydrogen-bond donors (Lipinski definition) is 0. The Hall–Kier alpha value is -1.16. The van der Waals surface area contributed by atoms with Crippen molar-refractivity contribution in [1.29, 1.82) is 0 Å². The summed E-state index contributed by atoms with van der Waals surface area (Å²) < 4.78 is 19.4. The number of esters is 1.